The Bertz CT molecular complexity index is 959. The van der Waals surface area contributed by atoms with Crippen molar-refractivity contribution in [3.63, 3.8) is 0 Å². The maximum Gasteiger partial charge on any atom is 0.243 e. The zero-order valence-corrected chi connectivity index (χ0v) is 15.3. The van der Waals surface area contributed by atoms with Crippen molar-refractivity contribution in [2.45, 2.75) is 24.0 Å². The number of fused-ring (bicyclic) bond motifs is 1. The average Bonchev–Trinajstić information content (AvgIpc) is 2.43. The fourth-order valence-electron chi connectivity index (χ4n) is 2.90. The molecule has 0 unspecified atom stereocenters. The fourth-order valence-corrected chi connectivity index (χ4v) is 6.67. The summed E-state index contributed by atoms with van der Waals surface area (Å²) in [5.74, 6) is 0.141. The largest absolute Gasteiger partial charge is 0.243 e. The van der Waals surface area contributed by atoms with Gasteiger partial charge in [0.2, 0.25) is 10.0 Å². The van der Waals surface area contributed by atoms with E-state index >= 15 is 0 Å². The first-order chi connectivity index (χ1) is 11.2. The minimum atomic E-state index is -3.65. The molecule has 5 nitrogen and oxygen atoms in total. The molecule has 0 N–H and O–H groups in total. The van der Waals surface area contributed by atoms with Gasteiger partial charge in [0.05, 0.1) is 15.9 Å². The van der Waals surface area contributed by atoms with Gasteiger partial charge in [0, 0.05) is 13.1 Å². The van der Waals surface area contributed by atoms with Crippen LogP contribution in [-0.4, -0.2) is 45.2 Å². The van der Waals surface area contributed by atoms with E-state index in [1.165, 1.54) is 4.31 Å². The van der Waals surface area contributed by atoms with E-state index in [1.54, 1.807) is 18.2 Å². The molecule has 0 aromatic heterocycles. The minimum Gasteiger partial charge on any atom is -0.228 e. The van der Waals surface area contributed by atoms with Gasteiger partial charge < -0.3 is 0 Å². The molecule has 0 amide bonds. The lowest BCUT2D eigenvalue weighted by Gasteiger charge is -2.37. The SMILES string of the molecule is CC(C)CS(=O)(=O)C1CN(S(=O)(=O)c2ccc3ccccc3c2)C1. The van der Waals surface area contributed by atoms with E-state index in [-0.39, 0.29) is 29.7 Å². The molecule has 3 rings (SSSR count). The lowest BCUT2D eigenvalue weighted by atomic mass is 10.1. The lowest BCUT2D eigenvalue weighted by Crippen LogP contribution is -2.57. The Morgan fingerprint density at radius 2 is 1.62 bits per heavy atom. The number of sulfonamides is 1. The smallest absolute Gasteiger partial charge is 0.228 e. The van der Waals surface area contributed by atoms with Gasteiger partial charge in [-0.05, 0) is 28.8 Å². The molecule has 24 heavy (non-hydrogen) atoms. The molecule has 130 valence electrons. The molecule has 0 atom stereocenters. The van der Waals surface area contributed by atoms with Crippen molar-refractivity contribution in [1.29, 1.82) is 0 Å². The summed E-state index contributed by atoms with van der Waals surface area (Å²) in [4.78, 5) is 0.209. The van der Waals surface area contributed by atoms with Crippen molar-refractivity contribution in [3.05, 3.63) is 42.5 Å². The van der Waals surface area contributed by atoms with Crippen LogP contribution in [0.1, 0.15) is 13.8 Å². The number of hydrogen-bond donors (Lipinski definition) is 0. The molecule has 1 fully saturated rings. The van der Waals surface area contributed by atoms with Crippen molar-refractivity contribution in [1.82, 2.24) is 4.31 Å². The number of rotatable bonds is 5. The van der Waals surface area contributed by atoms with Crippen LogP contribution < -0.4 is 0 Å². The molecular weight excluding hydrogens is 346 g/mol. The highest BCUT2D eigenvalue weighted by Gasteiger charge is 2.43. The highest BCUT2D eigenvalue weighted by Crippen LogP contribution is 2.28. The Morgan fingerprint density at radius 1 is 1.00 bits per heavy atom. The molecule has 0 aliphatic carbocycles. The van der Waals surface area contributed by atoms with Gasteiger partial charge in [-0.2, -0.15) is 4.31 Å². The Kier molecular flexibility index (Phi) is 4.44. The van der Waals surface area contributed by atoms with Crippen molar-refractivity contribution in [2.24, 2.45) is 5.92 Å². The molecule has 2 aromatic rings. The van der Waals surface area contributed by atoms with Gasteiger partial charge in [-0.1, -0.05) is 44.2 Å². The van der Waals surface area contributed by atoms with Crippen LogP contribution in [0.3, 0.4) is 0 Å². The summed E-state index contributed by atoms with van der Waals surface area (Å²) in [6.45, 7) is 3.79. The molecule has 0 bridgehead atoms. The highest BCUT2D eigenvalue weighted by atomic mass is 32.2. The van der Waals surface area contributed by atoms with Gasteiger partial charge in [0.1, 0.15) is 0 Å². The molecule has 1 aliphatic rings. The van der Waals surface area contributed by atoms with Crippen molar-refractivity contribution >= 4 is 30.6 Å². The summed E-state index contributed by atoms with van der Waals surface area (Å²) in [6, 6.07) is 12.5. The van der Waals surface area contributed by atoms with E-state index in [0.29, 0.717) is 0 Å². The van der Waals surface area contributed by atoms with E-state index < -0.39 is 25.1 Å². The Labute approximate surface area is 143 Å². The van der Waals surface area contributed by atoms with Gasteiger partial charge in [0.15, 0.2) is 9.84 Å². The first kappa shape index (κ1) is 17.4. The van der Waals surface area contributed by atoms with Crippen LogP contribution in [0.25, 0.3) is 10.8 Å². The molecule has 1 heterocycles. The number of benzene rings is 2. The van der Waals surface area contributed by atoms with Crippen molar-refractivity contribution in [3.8, 4) is 0 Å². The van der Waals surface area contributed by atoms with Crippen molar-refractivity contribution < 1.29 is 16.8 Å². The quantitative estimate of drug-likeness (QED) is 0.813. The maximum absolute atomic E-state index is 12.7. The summed E-state index contributed by atoms with van der Waals surface area (Å²) in [5.41, 5.74) is 0. The number of nitrogens with zero attached hydrogens (tertiary/aromatic N) is 1. The number of hydrogen-bond acceptors (Lipinski definition) is 4. The van der Waals surface area contributed by atoms with Crippen LogP contribution in [0.15, 0.2) is 47.4 Å². The molecule has 2 aromatic carbocycles. The standard InChI is InChI=1S/C17H21NO4S2/c1-13(2)12-23(19,20)17-10-18(11-17)24(21,22)16-8-7-14-5-3-4-6-15(14)9-16/h3-9,13,17H,10-12H2,1-2H3. The fraction of sp³-hybridized carbons (Fsp3) is 0.412. The summed E-state index contributed by atoms with van der Waals surface area (Å²) >= 11 is 0. The summed E-state index contributed by atoms with van der Waals surface area (Å²) in [6.07, 6.45) is 0. The molecular formula is C17H21NO4S2. The first-order valence-electron chi connectivity index (χ1n) is 7.91. The molecule has 0 radical (unpaired) electrons. The zero-order valence-electron chi connectivity index (χ0n) is 13.7. The molecule has 0 saturated carbocycles. The summed E-state index contributed by atoms with van der Waals surface area (Å²) in [7, 11) is -6.89. The Balaban J connectivity index is 1.80. The molecule has 0 spiro atoms. The van der Waals surface area contributed by atoms with Crippen LogP contribution >= 0.6 is 0 Å². The van der Waals surface area contributed by atoms with Crippen LogP contribution in [0.5, 0.6) is 0 Å². The van der Waals surface area contributed by atoms with Gasteiger partial charge in [-0.15, -0.1) is 0 Å². The summed E-state index contributed by atoms with van der Waals surface area (Å²) < 4.78 is 51.0. The van der Waals surface area contributed by atoms with Crippen LogP contribution in [0, 0.1) is 5.92 Å². The summed E-state index contributed by atoms with van der Waals surface area (Å²) in [5, 5.41) is 1.23. The second-order valence-corrected chi connectivity index (χ2v) is 10.9. The Morgan fingerprint density at radius 3 is 2.25 bits per heavy atom. The average molecular weight is 367 g/mol. The van der Waals surface area contributed by atoms with Crippen LogP contribution in [0.4, 0.5) is 0 Å². The van der Waals surface area contributed by atoms with Gasteiger partial charge in [-0.25, -0.2) is 16.8 Å². The third kappa shape index (κ3) is 3.20. The second kappa shape index (κ2) is 6.13. The van der Waals surface area contributed by atoms with Crippen molar-refractivity contribution in [2.75, 3.05) is 18.8 Å². The van der Waals surface area contributed by atoms with E-state index in [9.17, 15) is 16.8 Å². The molecule has 7 heteroatoms. The molecule has 1 aliphatic heterocycles. The maximum atomic E-state index is 12.7. The van der Waals surface area contributed by atoms with E-state index in [1.807, 2.05) is 38.1 Å². The topological polar surface area (TPSA) is 71.5 Å². The lowest BCUT2D eigenvalue weighted by molar-refractivity contribution is 0.309. The third-order valence-electron chi connectivity index (χ3n) is 4.25. The molecule has 1 saturated heterocycles. The first-order valence-corrected chi connectivity index (χ1v) is 11.1. The predicted molar refractivity (Wildman–Crippen MR) is 95.1 cm³/mol. The van der Waals surface area contributed by atoms with Gasteiger partial charge in [-0.3, -0.25) is 0 Å². The van der Waals surface area contributed by atoms with E-state index in [0.717, 1.165) is 10.8 Å². The van der Waals surface area contributed by atoms with Gasteiger partial charge >= 0.3 is 0 Å². The number of sulfone groups is 1. The van der Waals surface area contributed by atoms with Crippen LogP contribution in [0.2, 0.25) is 0 Å². The highest BCUT2D eigenvalue weighted by molar-refractivity contribution is 7.92. The Hall–Kier alpha value is -1.44. The van der Waals surface area contributed by atoms with Crippen LogP contribution in [-0.2, 0) is 19.9 Å². The third-order valence-corrected chi connectivity index (χ3v) is 8.52. The zero-order chi connectivity index (χ0) is 17.5. The minimum absolute atomic E-state index is 0.0427. The van der Waals surface area contributed by atoms with Gasteiger partial charge in [0.25, 0.3) is 0 Å². The second-order valence-electron chi connectivity index (χ2n) is 6.68. The normalized spacial score (nSPS) is 17.3. The monoisotopic (exact) mass is 367 g/mol. The van der Waals surface area contributed by atoms with E-state index in [2.05, 4.69) is 0 Å². The van der Waals surface area contributed by atoms with E-state index in [4.69, 9.17) is 0 Å². The predicted octanol–water partition coefficient (Wildman–Crippen LogP) is 2.28.